The first-order valence-corrected chi connectivity index (χ1v) is 12.9. The molecule has 0 aliphatic carbocycles. The van der Waals surface area contributed by atoms with Crippen LogP contribution in [0.15, 0.2) is 66.9 Å². The van der Waals surface area contributed by atoms with Crippen molar-refractivity contribution in [1.29, 1.82) is 0 Å². The van der Waals surface area contributed by atoms with Crippen molar-refractivity contribution < 1.29 is 9.18 Å². The van der Waals surface area contributed by atoms with Gasteiger partial charge in [-0.2, -0.15) is 0 Å². The van der Waals surface area contributed by atoms with Gasteiger partial charge < -0.3 is 15.5 Å². The van der Waals surface area contributed by atoms with Gasteiger partial charge in [0.1, 0.15) is 11.5 Å². The Morgan fingerprint density at radius 3 is 2.53 bits per heavy atom. The van der Waals surface area contributed by atoms with Gasteiger partial charge in [-0.3, -0.25) is 14.7 Å². The Morgan fingerprint density at radius 2 is 1.81 bits per heavy atom. The number of anilines is 1. The molecule has 1 aromatic heterocycles. The van der Waals surface area contributed by atoms with Gasteiger partial charge in [-0.25, -0.2) is 4.39 Å². The Balaban J connectivity index is 1.22. The molecule has 0 unspecified atom stereocenters. The minimum Gasteiger partial charge on any atom is -0.382 e. The number of piperazine rings is 1. The van der Waals surface area contributed by atoms with E-state index in [1.54, 1.807) is 18.3 Å². The van der Waals surface area contributed by atoms with Crippen molar-refractivity contribution in [3.63, 3.8) is 0 Å². The van der Waals surface area contributed by atoms with Crippen LogP contribution in [0.1, 0.15) is 35.8 Å². The van der Waals surface area contributed by atoms with E-state index in [0.717, 1.165) is 55.8 Å². The van der Waals surface area contributed by atoms with Gasteiger partial charge in [-0.05, 0) is 61.2 Å². The van der Waals surface area contributed by atoms with Gasteiger partial charge in [-0.1, -0.05) is 30.3 Å². The number of halogens is 1. The highest BCUT2D eigenvalue weighted by atomic mass is 19.1. The number of hydrogen-bond donors (Lipinski definition) is 2. The monoisotopic (exact) mass is 487 g/mol. The molecule has 0 spiro atoms. The normalized spacial score (nSPS) is 19.3. The lowest BCUT2D eigenvalue weighted by Gasteiger charge is -2.33. The molecule has 2 aliphatic rings. The second kappa shape index (κ2) is 11.2. The van der Waals surface area contributed by atoms with E-state index in [2.05, 4.69) is 51.7 Å². The Hall–Kier alpha value is -3.29. The molecule has 3 aromatic rings. The van der Waals surface area contributed by atoms with E-state index in [9.17, 15) is 9.18 Å². The number of aromatic nitrogens is 1. The maximum atomic E-state index is 13.4. The third kappa shape index (κ3) is 5.91. The molecular formula is C29H34FN5O. The standard InChI is InChI=1S/C29H34FN5O/c1-21-19-34(18-15-31-21)20-22-4-6-23(7-5-22)27-3-2-14-32-28(27)29(36)35-16-12-26(13-17-35)33-25-10-8-24(30)9-11-25/h2-11,14,21,26,31,33H,12-13,15-20H2,1H3/t21-/m0/s1. The summed E-state index contributed by atoms with van der Waals surface area (Å²) in [6.45, 7) is 7.63. The number of carbonyl (C=O) groups excluding carboxylic acids is 1. The highest BCUT2D eigenvalue weighted by Crippen LogP contribution is 2.26. The number of likely N-dealkylation sites (tertiary alicyclic amines) is 1. The zero-order valence-electron chi connectivity index (χ0n) is 20.8. The van der Waals surface area contributed by atoms with Crippen molar-refractivity contribution in [2.45, 2.75) is 38.4 Å². The lowest BCUT2D eigenvalue weighted by atomic mass is 10.00. The van der Waals surface area contributed by atoms with Crippen LogP contribution < -0.4 is 10.6 Å². The minimum atomic E-state index is -0.240. The number of nitrogens with one attached hydrogen (secondary N) is 2. The zero-order chi connectivity index (χ0) is 24.9. The fourth-order valence-corrected chi connectivity index (χ4v) is 5.17. The molecule has 6 nitrogen and oxygen atoms in total. The molecule has 2 N–H and O–H groups in total. The SMILES string of the molecule is C[C@H]1CN(Cc2ccc(-c3cccnc3C(=O)N3CCC(Nc4ccc(F)cc4)CC3)cc2)CCN1. The number of nitrogens with zero attached hydrogens (tertiary/aromatic N) is 3. The number of piperidine rings is 1. The summed E-state index contributed by atoms with van der Waals surface area (Å²) in [4.78, 5) is 22.3. The number of amides is 1. The average Bonchev–Trinajstić information content (AvgIpc) is 2.91. The van der Waals surface area contributed by atoms with Crippen molar-refractivity contribution >= 4 is 11.6 Å². The minimum absolute atomic E-state index is 0.0234. The third-order valence-corrected chi connectivity index (χ3v) is 7.13. The molecule has 7 heteroatoms. The van der Waals surface area contributed by atoms with Crippen LogP contribution in [0.4, 0.5) is 10.1 Å². The zero-order valence-corrected chi connectivity index (χ0v) is 20.8. The summed E-state index contributed by atoms with van der Waals surface area (Å²) in [5, 5.41) is 6.94. The maximum Gasteiger partial charge on any atom is 0.273 e. The van der Waals surface area contributed by atoms with Gasteiger partial charge in [0.25, 0.3) is 5.91 Å². The van der Waals surface area contributed by atoms with Crippen LogP contribution in [0.25, 0.3) is 11.1 Å². The molecule has 3 heterocycles. The molecule has 0 radical (unpaired) electrons. The Kier molecular flexibility index (Phi) is 7.58. The first kappa shape index (κ1) is 24.4. The number of hydrogen-bond acceptors (Lipinski definition) is 5. The summed E-state index contributed by atoms with van der Waals surface area (Å²) in [6, 6.07) is 19.6. The predicted octanol–water partition coefficient (Wildman–Crippen LogP) is 4.40. The number of benzene rings is 2. The smallest absolute Gasteiger partial charge is 0.273 e. The van der Waals surface area contributed by atoms with E-state index in [1.165, 1.54) is 17.7 Å². The van der Waals surface area contributed by atoms with Crippen LogP contribution in [0.2, 0.25) is 0 Å². The van der Waals surface area contributed by atoms with Crippen LogP contribution in [-0.2, 0) is 6.54 Å². The van der Waals surface area contributed by atoms with Crippen molar-refractivity contribution in [1.82, 2.24) is 20.1 Å². The van der Waals surface area contributed by atoms with Gasteiger partial charge in [0, 0.05) is 68.8 Å². The Morgan fingerprint density at radius 1 is 1.06 bits per heavy atom. The first-order valence-electron chi connectivity index (χ1n) is 12.9. The van der Waals surface area contributed by atoms with Crippen molar-refractivity contribution in [3.05, 3.63) is 83.9 Å². The summed E-state index contributed by atoms with van der Waals surface area (Å²) >= 11 is 0. The fourth-order valence-electron chi connectivity index (χ4n) is 5.17. The summed E-state index contributed by atoms with van der Waals surface area (Å²) in [7, 11) is 0. The van der Waals surface area contributed by atoms with Crippen LogP contribution in [-0.4, -0.2) is 65.5 Å². The molecule has 1 atom stereocenters. The Bertz CT molecular complexity index is 1160. The molecule has 0 bridgehead atoms. The van der Waals surface area contributed by atoms with Crippen molar-refractivity contribution in [2.24, 2.45) is 0 Å². The van der Waals surface area contributed by atoms with Gasteiger partial charge in [0.05, 0.1) is 0 Å². The molecule has 188 valence electrons. The molecule has 2 fully saturated rings. The quantitative estimate of drug-likeness (QED) is 0.540. The third-order valence-electron chi connectivity index (χ3n) is 7.13. The van der Waals surface area contributed by atoms with Gasteiger partial charge in [-0.15, -0.1) is 0 Å². The Labute approximate surface area is 212 Å². The van der Waals surface area contributed by atoms with Crippen molar-refractivity contribution in [2.75, 3.05) is 38.0 Å². The second-order valence-corrected chi connectivity index (χ2v) is 9.90. The summed E-state index contributed by atoms with van der Waals surface area (Å²) in [6.07, 6.45) is 3.37. The number of carbonyl (C=O) groups is 1. The van der Waals surface area contributed by atoms with E-state index in [4.69, 9.17) is 0 Å². The van der Waals surface area contributed by atoms with E-state index in [1.807, 2.05) is 17.0 Å². The summed E-state index contributed by atoms with van der Waals surface area (Å²) in [5.41, 5.74) is 4.57. The first-order chi connectivity index (χ1) is 17.5. The molecule has 36 heavy (non-hydrogen) atoms. The van der Waals surface area contributed by atoms with Crippen LogP contribution in [0, 0.1) is 5.82 Å². The molecular weight excluding hydrogens is 453 g/mol. The molecule has 2 aromatic carbocycles. The van der Waals surface area contributed by atoms with Gasteiger partial charge >= 0.3 is 0 Å². The molecule has 2 aliphatic heterocycles. The number of rotatable bonds is 6. The predicted molar refractivity (Wildman–Crippen MR) is 141 cm³/mol. The van der Waals surface area contributed by atoms with E-state index in [0.29, 0.717) is 24.8 Å². The maximum absolute atomic E-state index is 13.4. The lowest BCUT2D eigenvalue weighted by Crippen LogP contribution is -2.48. The fraction of sp³-hybridized carbons (Fsp3) is 0.379. The molecule has 2 saturated heterocycles. The van der Waals surface area contributed by atoms with E-state index in [-0.39, 0.29) is 17.8 Å². The van der Waals surface area contributed by atoms with Gasteiger partial charge in [0.15, 0.2) is 0 Å². The highest BCUT2D eigenvalue weighted by Gasteiger charge is 2.26. The largest absolute Gasteiger partial charge is 0.382 e. The van der Waals surface area contributed by atoms with Crippen molar-refractivity contribution in [3.8, 4) is 11.1 Å². The van der Waals surface area contributed by atoms with Crippen LogP contribution in [0.3, 0.4) is 0 Å². The van der Waals surface area contributed by atoms with Crippen LogP contribution >= 0.6 is 0 Å². The van der Waals surface area contributed by atoms with Crippen LogP contribution in [0.5, 0.6) is 0 Å². The molecule has 5 rings (SSSR count). The molecule has 0 saturated carbocycles. The van der Waals surface area contributed by atoms with E-state index >= 15 is 0 Å². The van der Waals surface area contributed by atoms with E-state index < -0.39 is 0 Å². The lowest BCUT2D eigenvalue weighted by molar-refractivity contribution is 0.0713. The second-order valence-electron chi connectivity index (χ2n) is 9.90. The number of pyridine rings is 1. The molecule has 1 amide bonds. The highest BCUT2D eigenvalue weighted by molar-refractivity contribution is 5.99. The topological polar surface area (TPSA) is 60.5 Å². The summed E-state index contributed by atoms with van der Waals surface area (Å²) < 4.78 is 13.2. The average molecular weight is 488 g/mol. The van der Waals surface area contributed by atoms with Gasteiger partial charge in [0.2, 0.25) is 0 Å². The summed E-state index contributed by atoms with van der Waals surface area (Å²) in [5.74, 6) is -0.263.